The van der Waals surface area contributed by atoms with E-state index in [-0.39, 0.29) is 12.0 Å². The van der Waals surface area contributed by atoms with Gasteiger partial charge in [-0.15, -0.1) is 0 Å². The van der Waals surface area contributed by atoms with Crippen molar-refractivity contribution in [3.05, 3.63) is 5.82 Å². The van der Waals surface area contributed by atoms with Crippen LogP contribution in [-0.2, 0) is 4.74 Å². The maximum Gasteiger partial charge on any atom is 0.229 e. The first-order valence-electron chi connectivity index (χ1n) is 6.08. The van der Waals surface area contributed by atoms with Crippen molar-refractivity contribution in [2.24, 2.45) is 0 Å². The highest BCUT2D eigenvalue weighted by atomic mass is 16.5. The largest absolute Gasteiger partial charge is 0.379 e. The number of nitrogen functional groups attached to an aromatic ring is 1. The number of hydrogen-bond donors (Lipinski definition) is 1. The second-order valence-electron chi connectivity index (χ2n) is 4.57. The lowest BCUT2D eigenvalue weighted by Gasteiger charge is -2.31. The molecule has 1 aliphatic heterocycles. The van der Waals surface area contributed by atoms with Gasteiger partial charge in [0.05, 0.1) is 19.3 Å². The molecule has 1 aromatic rings. The van der Waals surface area contributed by atoms with Crippen molar-refractivity contribution in [3.63, 3.8) is 0 Å². The molecule has 18 heavy (non-hydrogen) atoms. The first-order chi connectivity index (χ1) is 8.58. The van der Waals surface area contributed by atoms with E-state index in [0.717, 1.165) is 26.3 Å². The van der Waals surface area contributed by atoms with Crippen LogP contribution >= 0.6 is 0 Å². The molecule has 0 bridgehead atoms. The van der Waals surface area contributed by atoms with Crippen molar-refractivity contribution in [1.82, 2.24) is 19.9 Å². The smallest absolute Gasteiger partial charge is 0.229 e. The van der Waals surface area contributed by atoms with E-state index in [1.165, 1.54) is 0 Å². The molecule has 2 N–H and O–H groups in total. The van der Waals surface area contributed by atoms with Crippen LogP contribution in [0.4, 0.5) is 11.9 Å². The zero-order valence-corrected chi connectivity index (χ0v) is 11.1. The third kappa shape index (κ3) is 2.85. The SMILES string of the molecule is C[C@@H](c1nc(N)nc(N(C)C)n1)N1CCOCC1. The highest BCUT2D eigenvalue weighted by Crippen LogP contribution is 2.19. The van der Waals surface area contributed by atoms with Crippen molar-refractivity contribution in [2.45, 2.75) is 13.0 Å². The molecule has 0 aromatic carbocycles. The van der Waals surface area contributed by atoms with E-state index in [9.17, 15) is 0 Å². The van der Waals surface area contributed by atoms with Crippen molar-refractivity contribution >= 4 is 11.9 Å². The third-order valence-corrected chi connectivity index (χ3v) is 3.03. The minimum absolute atomic E-state index is 0.123. The number of morpholine rings is 1. The van der Waals surface area contributed by atoms with Crippen LogP contribution in [0.2, 0.25) is 0 Å². The summed E-state index contributed by atoms with van der Waals surface area (Å²) in [4.78, 5) is 16.9. The van der Waals surface area contributed by atoms with Crippen LogP contribution in [0.15, 0.2) is 0 Å². The summed E-state index contributed by atoms with van der Waals surface area (Å²) in [6.45, 7) is 5.38. The van der Waals surface area contributed by atoms with Gasteiger partial charge in [-0.1, -0.05) is 0 Å². The molecule has 2 heterocycles. The number of hydrogen-bond acceptors (Lipinski definition) is 7. The van der Waals surface area contributed by atoms with Crippen molar-refractivity contribution in [3.8, 4) is 0 Å². The zero-order chi connectivity index (χ0) is 13.1. The lowest BCUT2D eigenvalue weighted by atomic mass is 10.2. The molecule has 0 saturated carbocycles. The summed E-state index contributed by atoms with van der Waals surface area (Å²) in [6.07, 6.45) is 0. The Labute approximate surface area is 107 Å². The molecular formula is C11H20N6O. The summed E-state index contributed by atoms with van der Waals surface area (Å²) >= 11 is 0. The topological polar surface area (TPSA) is 80.4 Å². The molecule has 7 heteroatoms. The summed E-state index contributed by atoms with van der Waals surface area (Å²) in [6, 6.07) is 0.123. The number of rotatable bonds is 3. The highest BCUT2D eigenvalue weighted by Gasteiger charge is 2.22. The molecule has 1 atom stereocenters. The molecule has 0 aliphatic carbocycles. The lowest BCUT2D eigenvalue weighted by molar-refractivity contribution is 0.0182. The average Bonchev–Trinajstić information content (AvgIpc) is 2.38. The Morgan fingerprint density at radius 1 is 1.22 bits per heavy atom. The van der Waals surface area contributed by atoms with Gasteiger partial charge >= 0.3 is 0 Å². The molecular weight excluding hydrogens is 232 g/mol. The van der Waals surface area contributed by atoms with E-state index >= 15 is 0 Å². The summed E-state index contributed by atoms with van der Waals surface area (Å²) in [5.74, 6) is 1.58. The van der Waals surface area contributed by atoms with Crippen LogP contribution in [-0.4, -0.2) is 60.3 Å². The van der Waals surface area contributed by atoms with Gasteiger partial charge in [0.2, 0.25) is 11.9 Å². The Morgan fingerprint density at radius 3 is 2.50 bits per heavy atom. The fraction of sp³-hybridized carbons (Fsp3) is 0.727. The maximum absolute atomic E-state index is 5.73. The standard InChI is InChI=1S/C11H20N6O/c1-8(17-4-6-18-7-5-17)9-13-10(12)15-11(14-9)16(2)3/h8H,4-7H2,1-3H3,(H2,12,13,14,15)/t8-/m0/s1. The number of ether oxygens (including phenoxy) is 1. The van der Waals surface area contributed by atoms with Crippen LogP contribution < -0.4 is 10.6 Å². The van der Waals surface area contributed by atoms with Crippen LogP contribution in [0.1, 0.15) is 18.8 Å². The predicted molar refractivity (Wildman–Crippen MR) is 69.4 cm³/mol. The van der Waals surface area contributed by atoms with Gasteiger partial charge < -0.3 is 15.4 Å². The second kappa shape index (κ2) is 5.45. The van der Waals surface area contributed by atoms with Crippen molar-refractivity contribution < 1.29 is 4.74 Å². The fourth-order valence-corrected chi connectivity index (χ4v) is 1.91. The van der Waals surface area contributed by atoms with E-state index in [1.807, 2.05) is 19.0 Å². The number of anilines is 2. The van der Waals surface area contributed by atoms with Gasteiger partial charge in [0.1, 0.15) is 0 Å². The molecule has 7 nitrogen and oxygen atoms in total. The molecule has 0 unspecified atom stereocenters. The minimum Gasteiger partial charge on any atom is -0.379 e. The molecule has 100 valence electrons. The molecule has 1 saturated heterocycles. The van der Waals surface area contributed by atoms with Gasteiger partial charge in [0.25, 0.3) is 0 Å². The maximum atomic E-state index is 5.73. The minimum atomic E-state index is 0.123. The summed E-state index contributed by atoms with van der Waals surface area (Å²) in [5.41, 5.74) is 5.73. The number of nitrogens with zero attached hydrogens (tertiary/aromatic N) is 5. The Hall–Kier alpha value is -1.47. The first-order valence-corrected chi connectivity index (χ1v) is 6.08. The van der Waals surface area contributed by atoms with Crippen LogP contribution in [0, 0.1) is 0 Å². The van der Waals surface area contributed by atoms with Gasteiger partial charge in [-0.3, -0.25) is 4.90 Å². The Kier molecular flexibility index (Phi) is 3.93. The average molecular weight is 252 g/mol. The van der Waals surface area contributed by atoms with Crippen molar-refractivity contribution in [1.29, 1.82) is 0 Å². The molecule has 1 aromatic heterocycles. The van der Waals surface area contributed by atoms with Gasteiger partial charge in [-0.2, -0.15) is 15.0 Å². The second-order valence-corrected chi connectivity index (χ2v) is 4.57. The van der Waals surface area contributed by atoms with Gasteiger partial charge in [0, 0.05) is 27.2 Å². The van der Waals surface area contributed by atoms with E-state index in [0.29, 0.717) is 11.8 Å². The van der Waals surface area contributed by atoms with Gasteiger partial charge in [-0.25, -0.2) is 0 Å². The van der Waals surface area contributed by atoms with Crippen LogP contribution in [0.3, 0.4) is 0 Å². The normalized spacial score (nSPS) is 18.6. The Morgan fingerprint density at radius 2 is 1.89 bits per heavy atom. The van der Waals surface area contributed by atoms with E-state index in [1.54, 1.807) is 0 Å². The highest BCUT2D eigenvalue weighted by molar-refractivity contribution is 5.33. The molecule has 2 rings (SSSR count). The molecule has 1 aliphatic rings. The third-order valence-electron chi connectivity index (χ3n) is 3.03. The van der Waals surface area contributed by atoms with Gasteiger partial charge in [0.15, 0.2) is 5.82 Å². The lowest BCUT2D eigenvalue weighted by Crippen LogP contribution is -2.38. The Balaban J connectivity index is 2.20. The van der Waals surface area contributed by atoms with E-state index in [4.69, 9.17) is 10.5 Å². The van der Waals surface area contributed by atoms with Crippen molar-refractivity contribution in [2.75, 3.05) is 51.0 Å². The number of aromatic nitrogens is 3. The summed E-state index contributed by atoms with van der Waals surface area (Å²) < 4.78 is 5.34. The van der Waals surface area contributed by atoms with Crippen LogP contribution in [0.5, 0.6) is 0 Å². The van der Waals surface area contributed by atoms with E-state index in [2.05, 4.69) is 26.8 Å². The molecule has 0 spiro atoms. The monoisotopic (exact) mass is 252 g/mol. The predicted octanol–water partition coefficient (Wildman–Crippen LogP) is -0.0870. The fourth-order valence-electron chi connectivity index (χ4n) is 1.91. The Bertz CT molecular complexity index is 405. The zero-order valence-electron chi connectivity index (χ0n) is 11.1. The number of nitrogens with two attached hydrogens (primary N) is 1. The molecule has 0 amide bonds. The molecule has 0 radical (unpaired) electrons. The molecule has 1 fully saturated rings. The van der Waals surface area contributed by atoms with Gasteiger partial charge in [-0.05, 0) is 6.92 Å². The van der Waals surface area contributed by atoms with Crippen LogP contribution in [0.25, 0.3) is 0 Å². The quantitative estimate of drug-likeness (QED) is 0.805. The summed E-state index contributed by atoms with van der Waals surface area (Å²) in [5, 5.41) is 0. The van der Waals surface area contributed by atoms with E-state index < -0.39 is 0 Å². The summed E-state index contributed by atoms with van der Waals surface area (Å²) in [7, 11) is 3.77. The first kappa shape index (κ1) is 13.0.